The Hall–Kier alpha value is -1.31. The lowest BCUT2D eigenvalue weighted by Gasteiger charge is -2.05. The summed E-state index contributed by atoms with van der Waals surface area (Å²) in [7, 11) is 0. The van der Waals surface area contributed by atoms with Crippen molar-refractivity contribution in [2.45, 2.75) is 20.3 Å². The van der Waals surface area contributed by atoms with Crippen LogP contribution in [0.1, 0.15) is 18.9 Å². The van der Waals surface area contributed by atoms with E-state index < -0.39 is 0 Å². The lowest BCUT2D eigenvalue weighted by Crippen LogP contribution is -2.10. The van der Waals surface area contributed by atoms with Crippen LogP contribution in [0.2, 0.25) is 0 Å². The first kappa shape index (κ1) is 8.78. The highest BCUT2D eigenvalue weighted by atomic mass is 16.1. The van der Waals surface area contributed by atoms with Gasteiger partial charge < -0.3 is 5.32 Å². The molecule has 0 fully saturated rings. The number of hydrogen-bond acceptors (Lipinski definition) is 1. The van der Waals surface area contributed by atoms with Crippen molar-refractivity contribution in [1.82, 2.24) is 0 Å². The van der Waals surface area contributed by atoms with Crippen molar-refractivity contribution in [3.63, 3.8) is 0 Å². The van der Waals surface area contributed by atoms with Crippen LogP contribution in [-0.4, -0.2) is 5.91 Å². The van der Waals surface area contributed by atoms with Gasteiger partial charge in [-0.15, -0.1) is 0 Å². The average molecular weight is 163 g/mol. The molecule has 0 saturated heterocycles. The van der Waals surface area contributed by atoms with Gasteiger partial charge >= 0.3 is 0 Å². The van der Waals surface area contributed by atoms with Crippen LogP contribution in [0.15, 0.2) is 24.3 Å². The number of benzene rings is 1. The normalized spacial score (nSPS) is 9.50. The van der Waals surface area contributed by atoms with Gasteiger partial charge in [0.25, 0.3) is 0 Å². The molecule has 0 radical (unpaired) electrons. The summed E-state index contributed by atoms with van der Waals surface area (Å²) >= 11 is 0. The van der Waals surface area contributed by atoms with E-state index in [0.29, 0.717) is 6.42 Å². The molecule has 1 aromatic carbocycles. The molecular formula is C10H13NO. The molecule has 0 bridgehead atoms. The average Bonchev–Trinajstić information content (AvgIpc) is 2.09. The Morgan fingerprint density at radius 1 is 1.42 bits per heavy atom. The highest BCUT2D eigenvalue weighted by molar-refractivity contribution is 5.91. The second-order valence-corrected chi connectivity index (χ2v) is 2.72. The summed E-state index contributed by atoms with van der Waals surface area (Å²) in [6, 6.07) is 7.75. The van der Waals surface area contributed by atoms with E-state index in [4.69, 9.17) is 0 Å². The summed E-state index contributed by atoms with van der Waals surface area (Å²) in [5.41, 5.74) is 2.00. The number of anilines is 1. The monoisotopic (exact) mass is 163 g/mol. The number of hydrogen-bond donors (Lipinski definition) is 1. The number of para-hydroxylation sites is 1. The highest BCUT2D eigenvalue weighted by Gasteiger charge is 1.99. The first-order valence-corrected chi connectivity index (χ1v) is 4.09. The van der Waals surface area contributed by atoms with E-state index >= 15 is 0 Å². The van der Waals surface area contributed by atoms with Crippen molar-refractivity contribution in [1.29, 1.82) is 0 Å². The molecule has 0 aliphatic carbocycles. The summed E-state index contributed by atoms with van der Waals surface area (Å²) in [5, 5.41) is 2.82. The highest BCUT2D eigenvalue weighted by Crippen LogP contribution is 2.12. The molecule has 0 aliphatic rings. The smallest absolute Gasteiger partial charge is 0.224 e. The molecule has 12 heavy (non-hydrogen) atoms. The zero-order valence-electron chi connectivity index (χ0n) is 7.42. The Morgan fingerprint density at radius 3 is 2.67 bits per heavy atom. The third-order valence-corrected chi connectivity index (χ3v) is 1.74. The minimum absolute atomic E-state index is 0.0595. The van der Waals surface area contributed by atoms with E-state index in [1.165, 1.54) is 0 Å². The SMILES string of the molecule is CCC(=O)Nc1ccccc1C. The van der Waals surface area contributed by atoms with Gasteiger partial charge in [-0.05, 0) is 18.6 Å². The summed E-state index contributed by atoms with van der Waals surface area (Å²) < 4.78 is 0. The Morgan fingerprint density at radius 2 is 2.08 bits per heavy atom. The molecular weight excluding hydrogens is 150 g/mol. The number of aryl methyl sites for hydroxylation is 1. The van der Waals surface area contributed by atoms with Crippen LogP contribution >= 0.6 is 0 Å². The summed E-state index contributed by atoms with van der Waals surface area (Å²) in [5.74, 6) is 0.0595. The fraction of sp³-hybridized carbons (Fsp3) is 0.300. The van der Waals surface area contributed by atoms with Crippen molar-refractivity contribution in [2.24, 2.45) is 0 Å². The Kier molecular flexibility index (Phi) is 2.86. The van der Waals surface area contributed by atoms with E-state index in [-0.39, 0.29) is 5.91 Å². The first-order valence-electron chi connectivity index (χ1n) is 4.09. The fourth-order valence-corrected chi connectivity index (χ4v) is 0.952. The van der Waals surface area contributed by atoms with Crippen LogP contribution in [0.3, 0.4) is 0 Å². The predicted octanol–water partition coefficient (Wildman–Crippen LogP) is 2.34. The lowest BCUT2D eigenvalue weighted by molar-refractivity contribution is -0.115. The molecule has 0 heterocycles. The summed E-state index contributed by atoms with van der Waals surface area (Å²) in [6.07, 6.45) is 0.522. The van der Waals surface area contributed by atoms with Gasteiger partial charge in [-0.1, -0.05) is 25.1 Å². The minimum Gasteiger partial charge on any atom is -0.326 e. The summed E-state index contributed by atoms with van der Waals surface area (Å²) in [4.78, 5) is 11.0. The summed E-state index contributed by atoms with van der Waals surface area (Å²) in [6.45, 7) is 3.82. The second-order valence-electron chi connectivity index (χ2n) is 2.72. The molecule has 0 aromatic heterocycles. The largest absolute Gasteiger partial charge is 0.326 e. The van der Waals surface area contributed by atoms with E-state index in [9.17, 15) is 4.79 Å². The molecule has 0 atom stereocenters. The molecule has 2 nitrogen and oxygen atoms in total. The lowest BCUT2D eigenvalue weighted by atomic mass is 10.2. The van der Waals surface area contributed by atoms with Crippen molar-refractivity contribution in [3.05, 3.63) is 29.8 Å². The van der Waals surface area contributed by atoms with E-state index in [2.05, 4.69) is 5.32 Å². The third kappa shape index (κ3) is 2.09. The molecule has 2 heteroatoms. The van der Waals surface area contributed by atoms with Gasteiger partial charge in [0.15, 0.2) is 0 Å². The van der Waals surface area contributed by atoms with Gasteiger partial charge in [0.05, 0.1) is 0 Å². The van der Waals surface area contributed by atoms with E-state index in [0.717, 1.165) is 11.3 Å². The molecule has 1 aromatic rings. The van der Waals surface area contributed by atoms with Crippen LogP contribution in [0, 0.1) is 6.92 Å². The zero-order chi connectivity index (χ0) is 8.97. The second kappa shape index (κ2) is 3.90. The molecule has 0 aliphatic heterocycles. The van der Waals surface area contributed by atoms with Gasteiger partial charge in [-0.2, -0.15) is 0 Å². The zero-order valence-corrected chi connectivity index (χ0v) is 7.42. The maximum absolute atomic E-state index is 11.0. The Labute approximate surface area is 72.6 Å². The van der Waals surface area contributed by atoms with E-state index in [1.807, 2.05) is 38.1 Å². The van der Waals surface area contributed by atoms with Crippen LogP contribution in [0.25, 0.3) is 0 Å². The fourth-order valence-electron chi connectivity index (χ4n) is 0.952. The molecule has 1 amide bonds. The van der Waals surface area contributed by atoms with Crippen molar-refractivity contribution in [3.8, 4) is 0 Å². The maximum Gasteiger partial charge on any atom is 0.224 e. The molecule has 0 spiro atoms. The van der Waals surface area contributed by atoms with Gasteiger partial charge in [-0.3, -0.25) is 4.79 Å². The molecule has 1 N–H and O–H groups in total. The third-order valence-electron chi connectivity index (χ3n) is 1.74. The number of carbonyl (C=O) groups excluding carboxylic acids is 1. The quantitative estimate of drug-likeness (QED) is 0.712. The number of amides is 1. The topological polar surface area (TPSA) is 29.1 Å². The number of rotatable bonds is 2. The van der Waals surface area contributed by atoms with Gasteiger partial charge in [0.1, 0.15) is 0 Å². The standard InChI is InChI=1S/C10H13NO/c1-3-10(12)11-9-7-5-4-6-8(9)2/h4-7H,3H2,1-2H3,(H,11,12). The molecule has 64 valence electrons. The maximum atomic E-state index is 11.0. The van der Waals surface area contributed by atoms with Gasteiger partial charge in [-0.25, -0.2) is 0 Å². The van der Waals surface area contributed by atoms with Crippen molar-refractivity contribution in [2.75, 3.05) is 5.32 Å². The van der Waals surface area contributed by atoms with Crippen LogP contribution < -0.4 is 5.32 Å². The van der Waals surface area contributed by atoms with Crippen LogP contribution in [-0.2, 0) is 4.79 Å². The molecule has 0 saturated carbocycles. The van der Waals surface area contributed by atoms with Gasteiger partial charge in [0, 0.05) is 12.1 Å². The Balaban J connectivity index is 2.75. The first-order chi connectivity index (χ1) is 5.74. The van der Waals surface area contributed by atoms with Crippen LogP contribution in [0.5, 0.6) is 0 Å². The van der Waals surface area contributed by atoms with Crippen molar-refractivity contribution < 1.29 is 4.79 Å². The van der Waals surface area contributed by atoms with Crippen molar-refractivity contribution >= 4 is 11.6 Å². The Bertz CT molecular complexity index is 281. The predicted molar refractivity (Wildman–Crippen MR) is 50.1 cm³/mol. The minimum atomic E-state index is 0.0595. The van der Waals surface area contributed by atoms with Gasteiger partial charge in [0.2, 0.25) is 5.91 Å². The molecule has 0 unspecified atom stereocenters. The number of nitrogens with one attached hydrogen (secondary N) is 1. The molecule has 1 rings (SSSR count). The number of carbonyl (C=O) groups is 1. The van der Waals surface area contributed by atoms with Crippen LogP contribution in [0.4, 0.5) is 5.69 Å². The van der Waals surface area contributed by atoms with E-state index in [1.54, 1.807) is 0 Å².